The Bertz CT molecular complexity index is 493. The highest BCUT2D eigenvalue weighted by Gasteiger charge is 2.24. The van der Waals surface area contributed by atoms with Crippen LogP contribution in [0.2, 0.25) is 0 Å². The van der Waals surface area contributed by atoms with Crippen molar-refractivity contribution in [3.8, 4) is 0 Å². The van der Waals surface area contributed by atoms with Crippen LogP contribution in [0.15, 0.2) is 18.2 Å². The number of amides is 1. The molecule has 1 aliphatic rings. The molecule has 1 aromatic carbocycles. The van der Waals surface area contributed by atoms with Crippen LogP contribution in [0, 0.1) is 17.6 Å². The highest BCUT2D eigenvalue weighted by Crippen LogP contribution is 2.23. The molecule has 1 amide bonds. The molecule has 1 fully saturated rings. The number of aliphatic hydroxyl groups is 1. The minimum atomic E-state index is -0.704. The number of rotatable bonds is 4. The van der Waals surface area contributed by atoms with Gasteiger partial charge in [-0.3, -0.25) is 4.79 Å². The molecular weight excluding hydrogens is 276 g/mol. The van der Waals surface area contributed by atoms with Gasteiger partial charge in [0, 0.05) is 24.6 Å². The fourth-order valence-electron chi connectivity index (χ4n) is 2.89. The van der Waals surface area contributed by atoms with Gasteiger partial charge in [-0.15, -0.1) is 0 Å². The van der Waals surface area contributed by atoms with E-state index in [9.17, 15) is 18.7 Å². The predicted molar refractivity (Wildman–Crippen MR) is 75.7 cm³/mol. The van der Waals surface area contributed by atoms with Gasteiger partial charge in [0.15, 0.2) is 0 Å². The van der Waals surface area contributed by atoms with Crippen LogP contribution in [0.5, 0.6) is 0 Å². The van der Waals surface area contributed by atoms with E-state index in [0.29, 0.717) is 0 Å². The number of aliphatic hydroxyl groups excluding tert-OH is 1. The lowest BCUT2D eigenvalue weighted by atomic mass is 9.95. The van der Waals surface area contributed by atoms with Gasteiger partial charge in [-0.25, -0.2) is 8.78 Å². The Hall–Kier alpha value is -1.49. The average molecular weight is 297 g/mol. The van der Waals surface area contributed by atoms with Crippen LogP contribution in [-0.4, -0.2) is 23.7 Å². The largest absolute Gasteiger partial charge is 0.396 e. The first-order chi connectivity index (χ1) is 10.1. The van der Waals surface area contributed by atoms with Gasteiger partial charge in [0.1, 0.15) is 11.6 Å². The molecule has 5 heteroatoms. The normalized spacial score (nSPS) is 22.6. The fourth-order valence-corrected chi connectivity index (χ4v) is 2.89. The molecule has 1 aliphatic carbocycles. The lowest BCUT2D eigenvalue weighted by Crippen LogP contribution is -2.41. The van der Waals surface area contributed by atoms with E-state index in [1.54, 1.807) is 0 Å². The summed E-state index contributed by atoms with van der Waals surface area (Å²) in [5.41, 5.74) is 0.183. The van der Waals surface area contributed by atoms with E-state index in [4.69, 9.17) is 0 Å². The smallest absolute Gasteiger partial charge is 0.224 e. The van der Waals surface area contributed by atoms with Gasteiger partial charge in [0.05, 0.1) is 6.42 Å². The first-order valence-corrected chi connectivity index (χ1v) is 7.44. The molecular formula is C16H21F2NO2. The van der Waals surface area contributed by atoms with E-state index in [2.05, 4.69) is 5.32 Å². The van der Waals surface area contributed by atoms with Crippen molar-refractivity contribution in [2.24, 2.45) is 5.92 Å². The highest BCUT2D eigenvalue weighted by atomic mass is 19.1. The summed E-state index contributed by atoms with van der Waals surface area (Å²) in [5.74, 6) is -1.58. The van der Waals surface area contributed by atoms with Crippen LogP contribution in [0.3, 0.4) is 0 Å². The monoisotopic (exact) mass is 297 g/mol. The van der Waals surface area contributed by atoms with Gasteiger partial charge in [0.25, 0.3) is 0 Å². The summed E-state index contributed by atoms with van der Waals surface area (Å²) in [6.45, 7) is 0.0514. The van der Waals surface area contributed by atoms with Crippen molar-refractivity contribution in [1.82, 2.24) is 5.32 Å². The number of carbonyl (C=O) groups is 1. The lowest BCUT2D eigenvalue weighted by Gasteiger charge is -2.24. The van der Waals surface area contributed by atoms with E-state index in [-0.39, 0.29) is 36.5 Å². The Labute approximate surface area is 123 Å². The first kappa shape index (κ1) is 15.9. The highest BCUT2D eigenvalue weighted by molar-refractivity contribution is 5.78. The van der Waals surface area contributed by atoms with Crippen molar-refractivity contribution in [1.29, 1.82) is 0 Å². The minimum Gasteiger partial charge on any atom is -0.396 e. The van der Waals surface area contributed by atoms with E-state index in [1.165, 1.54) is 6.07 Å². The predicted octanol–water partition coefficient (Wildman–Crippen LogP) is 2.56. The van der Waals surface area contributed by atoms with E-state index < -0.39 is 11.6 Å². The van der Waals surface area contributed by atoms with E-state index in [1.807, 2.05) is 0 Å². The van der Waals surface area contributed by atoms with E-state index in [0.717, 1.165) is 44.2 Å². The van der Waals surface area contributed by atoms with Gasteiger partial charge >= 0.3 is 0 Å². The molecule has 0 heterocycles. The van der Waals surface area contributed by atoms with Crippen LogP contribution in [0.1, 0.15) is 37.7 Å². The van der Waals surface area contributed by atoms with Crippen molar-refractivity contribution in [2.45, 2.75) is 44.6 Å². The molecule has 0 aromatic heterocycles. The molecule has 0 spiro atoms. The maximum Gasteiger partial charge on any atom is 0.224 e. The lowest BCUT2D eigenvalue weighted by molar-refractivity contribution is -0.121. The fraction of sp³-hybridized carbons (Fsp3) is 0.562. The molecule has 116 valence electrons. The molecule has 21 heavy (non-hydrogen) atoms. The summed E-state index contributed by atoms with van der Waals surface area (Å²) < 4.78 is 26.4. The van der Waals surface area contributed by atoms with Crippen LogP contribution in [0.25, 0.3) is 0 Å². The topological polar surface area (TPSA) is 49.3 Å². The summed E-state index contributed by atoms with van der Waals surface area (Å²) in [7, 11) is 0. The summed E-state index contributed by atoms with van der Waals surface area (Å²) in [6, 6.07) is 3.16. The van der Waals surface area contributed by atoms with Crippen molar-refractivity contribution in [3.05, 3.63) is 35.4 Å². The second-order valence-corrected chi connectivity index (χ2v) is 5.67. The minimum absolute atomic E-state index is 0.0514. The Kier molecular flexibility index (Phi) is 5.67. The number of benzene rings is 1. The summed E-state index contributed by atoms with van der Waals surface area (Å²) in [6.07, 6.45) is 4.81. The quantitative estimate of drug-likeness (QED) is 0.839. The van der Waals surface area contributed by atoms with Crippen LogP contribution in [0.4, 0.5) is 8.78 Å². The van der Waals surface area contributed by atoms with Gasteiger partial charge < -0.3 is 10.4 Å². The van der Waals surface area contributed by atoms with Gasteiger partial charge in [-0.2, -0.15) is 0 Å². The van der Waals surface area contributed by atoms with Crippen LogP contribution >= 0.6 is 0 Å². The number of nitrogens with one attached hydrogen (secondary N) is 1. The summed E-state index contributed by atoms with van der Waals surface area (Å²) >= 11 is 0. The molecule has 0 bridgehead atoms. The summed E-state index contributed by atoms with van der Waals surface area (Å²) in [4.78, 5) is 12.0. The van der Waals surface area contributed by atoms with Gasteiger partial charge in [0.2, 0.25) is 5.91 Å². The summed E-state index contributed by atoms with van der Waals surface area (Å²) in [5, 5.41) is 12.3. The molecule has 2 rings (SSSR count). The van der Waals surface area contributed by atoms with Gasteiger partial charge in [-0.05, 0) is 24.5 Å². The SMILES string of the molecule is O=C(Cc1ccc(F)cc1F)N[C@H]1CCCCC[C@H]1CO. The zero-order valence-corrected chi connectivity index (χ0v) is 11.9. The number of carbonyl (C=O) groups excluding carboxylic acids is 1. The van der Waals surface area contributed by atoms with Crippen molar-refractivity contribution in [3.63, 3.8) is 0 Å². The first-order valence-electron chi connectivity index (χ1n) is 7.44. The average Bonchev–Trinajstić information content (AvgIpc) is 2.67. The van der Waals surface area contributed by atoms with Crippen LogP contribution < -0.4 is 5.32 Å². The Balaban J connectivity index is 1.96. The molecule has 3 nitrogen and oxygen atoms in total. The maximum atomic E-state index is 13.5. The third-order valence-electron chi connectivity index (χ3n) is 4.11. The standard InChI is InChI=1S/C16H21F2NO2/c17-13-7-6-11(14(18)9-13)8-16(21)19-15-5-3-1-2-4-12(15)10-20/h6-7,9,12,15,20H,1-5,8,10H2,(H,19,21)/t12-,15-/m0/s1. The molecule has 1 saturated carbocycles. The molecule has 0 saturated heterocycles. The molecule has 2 atom stereocenters. The second-order valence-electron chi connectivity index (χ2n) is 5.67. The van der Waals surface area contributed by atoms with Crippen molar-refractivity contribution >= 4 is 5.91 Å². The molecule has 0 aliphatic heterocycles. The van der Waals surface area contributed by atoms with Crippen molar-refractivity contribution < 1.29 is 18.7 Å². The second kappa shape index (κ2) is 7.50. The zero-order chi connectivity index (χ0) is 15.2. The molecule has 0 unspecified atom stereocenters. The molecule has 1 aromatic rings. The number of hydrogen-bond acceptors (Lipinski definition) is 2. The molecule has 2 N–H and O–H groups in total. The maximum absolute atomic E-state index is 13.5. The zero-order valence-electron chi connectivity index (χ0n) is 11.9. The third-order valence-corrected chi connectivity index (χ3v) is 4.11. The Morgan fingerprint density at radius 1 is 1.24 bits per heavy atom. The number of hydrogen-bond donors (Lipinski definition) is 2. The third kappa shape index (κ3) is 4.49. The van der Waals surface area contributed by atoms with Gasteiger partial charge in [-0.1, -0.05) is 25.3 Å². The van der Waals surface area contributed by atoms with E-state index >= 15 is 0 Å². The van der Waals surface area contributed by atoms with Crippen LogP contribution in [-0.2, 0) is 11.2 Å². The molecule has 0 radical (unpaired) electrons. The Morgan fingerprint density at radius 2 is 2.00 bits per heavy atom. The Morgan fingerprint density at radius 3 is 2.71 bits per heavy atom. The number of halogens is 2. The van der Waals surface area contributed by atoms with Crippen molar-refractivity contribution in [2.75, 3.05) is 6.61 Å².